The Labute approximate surface area is 115 Å². The second-order valence-corrected chi connectivity index (χ2v) is 5.26. The molecule has 0 amide bonds. The molecule has 2 rings (SSSR count). The van der Waals surface area contributed by atoms with Crippen LogP contribution in [-0.2, 0) is 4.79 Å². The van der Waals surface area contributed by atoms with Gasteiger partial charge in [0.15, 0.2) is 0 Å². The summed E-state index contributed by atoms with van der Waals surface area (Å²) in [7, 11) is 2.12. The molecule has 0 N–H and O–H groups in total. The normalized spacial score (nSPS) is 16.5. The van der Waals surface area contributed by atoms with E-state index < -0.39 is 0 Å². The van der Waals surface area contributed by atoms with Gasteiger partial charge in [0.2, 0.25) is 0 Å². The third kappa shape index (κ3) is 3.28. The number of carbonyl (C=O) groups is 1. The number of aryl methyl sites for hydroxylation is 1. The average Bonchev–Trinajstić information content (AvgIpc) is 2.41. The molecule has 0 atom stereocenters. The van der Waals surface area contributed by atoms with Crippen LogP contribution < -0.4 is 9.64 Å². The number of carbonyl (C=O) groups excluding carboxylic acids is 1. The van der Waals surface area contributed by atoms with E-state index in [-0.39, 0.29) is 0 Å². The van der Waals surface area contributed by atoms with Crippen LogP contribution in [0.4, 0.5) is 5.69 Å². The summed E-state index contributed by atoms with van der Waals surface area (Å²) in [5.41, 5.74) is 2.37. The van der Waals surface area contributed by atoms with Crippen molar-refractivity contribution in [3.63, 3.8) is 0 Å². The van der Waals surface area contributed by atoms with Gasteiger partial charge in [0.25, 0.3) is 0 Å². The number of Topliss-reactive ketones (excluding diaryl/α,β-unsaturated/α-hetero) is 1. The highest BCUT2D eigenvalue weighted by atomic mass is 16.5. The van der Waals surface area contributed by atoms with Crippen molar-refractivity contribution >= 4 is 11.5 Å². The second kappa shape index (κ2) is 6.09. The molecule has 0 aliphatic heterocycles. The van der Waals surface area contributed by atoms with Crippen molar-refractivity contribution in [2.75, 3.05) is 18.6 Å². The topological polar surface area (TPSA) is 29.5 Å². The van der Waals surface area contributed by atoms with Gasteiger partial charge in [-0.3, -0.25) is 4.79 Å². The summed E-state index contributed by atoms with van der Waals surface area (Å²) in [6, 6.07) is 6.80. The van der Waals surface area contributed by atoms with E-state index in [1.807, 2.05) is 13.0 Å². The molecule has 1 saturated carbocycles. The number of nitrogens with zero attached hydrogens (tertiary/aromatic N) is 1. The van der Waals surface area contributed by atoms with Crippen LogP contribution in [0.1, 0.15) is 38.2 Å². The van der Waals surface area contributed by atoms with Gasteiger partial charge < -0.3 is 9.64 Å². The summed E-state index contributed by atoms with van der Waals surface area (Å²) in [6.45, 7) is 4.77. The number of ketones is 1. The third-order valence-corrected chi connectivity index (χ3v) is 3.93. The Morgan fingerprint density at radius 2 is 2.00 bits per heavy atom. The van der Waals surface area contributed by atoms with E-state index in [0.29, 0.717) is 18.4 Å². The van der Waals surface area contributed by atoms with Crippen molar-refractivity contribution in [3.05, 3.63) is 23.8 Å². The zero-order valence-electron chi connectivity index (χ0n) is 12.1. The fourth-order valence-corrected chi connectivity index (χ4v) is 2.69. The molecule has 0 bridgehead atoms. The minimum atomic E-state index is 0.410. The number of rotatable bonds is 4. The molecule has 3 nitrogen and oxygen atoms in total. The molecule has 3 heteroatoms. The zero-order valence-corrected chi connectivity index (χ0v) is 12.1. The van der Waals surface area contributed by atoms with Crippen LogP contribution in [0.25, 0.3) is 0 Å². The summed E-state index contributed by atoms with van der Waals surface area (Å²) < 4.78 is 5.57. The van der Waals surface area contributed by atoms with E-state index in [0.717, 1.165) is 37.0 Å². The smallest absolute Gasteiger partial charge is 0.133 e. The number of hydrogen-bond acceptors (Lipinski definition) is 3. The molecule has 0 radical (unpaired) electrons. The van der Waals surface area contributed by atoms with Gasteiger partial charge in [0.1, 0.15) is 11.5 Å². The maximum Gasteiger partial charge on any atom is 0.133 e. The molecule has 0 aromatic heterocycles. The lowest BCUT2D eigenvalue weighted by Crippen LogP contribution is -2.35. The second-order valence-electron chi connectivity index (χ2n) is 5.26. The molecular formula is C16H23NO2. The number of hydrogen-bond donors (Lipinski definition) is 0. The van der Waals surface area contributed by atoms with Crippen molar-refractivity contribution in [3.8, 4) is 5.75 Å². The highest BCUT2D eigenvalue weighted by Gasteiger charge is 2.22. The number of benzene rings is 1. The van der Waals surface area contributed by atoms with Gasteiger partial charge in [-0.15, -0.1) is 0 Å². The van der Waals surface area contributed by atoms with Crippen LogP contribution in [0.15, 0.2) is 18.2 Å². The van der Waals surface area contributed by atoms with Gasteiger partial charge in [-0.1, -0.05) is 0 Å². The van der Waals surface area contributed by atoms with Gasteiger partial charge in [0.05, 0.1) is 6.61 Å². The van der Waals surface area contributed by atoms with E-state index in [4.69, 9.17) is 4.74 Å². The first-order chi connectivity index (χ1) is 9.11. The Bertz CT molecular complexity index is 446. The zero-order chi connectivity index (χ0) is 13.8. The largest absolute Gasteiger partial charge is 0.494 e. The van der Waals surface area contributed by atoms with Crippen molar-refractivity contribution in [2.24, 2.45) is 0 Å². The van der Waals surface area contributed by atoms with Crippen LogP contribution in [0.3, 0.4) is 0 Å². The van der Waals surface area contributed by atoms with E-state index in [1.54, 1.807) is 0 Å². The van der Waals surface area contributed by atoms with Crippen molar-refractivity contribution in [1.82, 2.24) is 0 Å². The van der Waals surface area contributed by atoms with Crippen molar-refractivity contribution < 1.29 is 9.53 Å². The third-order valence-electron chi connectivity index (χ3n) is 3.93. The standard InChI is InChI=1S/C16H23NO2/c1-4-19-16-10-7-14(11-12(16)2)17(3)13-5-8-15(18)9-6-13/h7,10-11,13H,4-6,8-9H2,1-3H3. The summed E-state index contributed by atoms with van der Waals surface area (Å²) in [6.07, 6.45) is 3.40. The summed E-state index contributed by atoms with van der Waals surface area (Å²) in [4.78, 5) is 13.6. The molecule has 104 valence electrons. The average molecular weight is 261 g/mol. The molecule has 1 aliphatic carbocycles. The highest BCUT2D eigenvalue weighted by molar-refractivity contribution is 5.79. The maximum atomic E-state index is 11.3. The van der Waals surface area contributed by atoms with Gasteiger partial charge in [-0.05, 0) is 50.5 Å². The van der Waals surface area contributed by atoms with Crippen LogP contribution in [0, 0.1) is 6.92 Å². The first kappa shape index (κ1) is 13.9. The van der Waals surface area contributed by atoms with E-state index >= 15 is 0 Å². The van der Waals surface area contributed by atoms with Crippen LogP contribution >= 0.6 is 0 Å². The fraction of sp³-hybridized carbons (Fsp3) is 0.562. The van der Waals surface area contributed by atoms with E-state index in [2.05, 4.69) is 31.0 Å². The van der Waals surface area contributed by atoms with Crippen molar-refractivity contribution in [1.29, 1.82) is 0 Å². The van der Waals surface area contributed by atoms with Gasteiger partial charge in [-0.25, -0.2) is 0 Å². The molecule has 1 fully saturated rings. The van der Waals surface area contributed by atoms with Gasteiger partial charge >= 0.3 is 0 Å². The molecule has 0 saturated heterocycles. The first-order valence-corrected chi connectivity index (χ1v) is 7.09. The Morgan fingerprint density at radius 3 is 2.58 bits per heavy atom. The molecule has 1 aromatic rings. The highest BCUT2D eigenvalue weighted by Crippen LogP contribution is 2.28. The fourth-order valence-electron chi connectivity index (χ4n) is 2.69. The Kier molecular flexibility index (Phi) is 4.46. The van der Waals surface area contributed by atoms with Crippen LogP contribution in [0.5, 0.6) is 5.75 Å². The van der Waals surface area contributed by atoms with Crippen LogP contribution in [-0.4, -0.2) is 25.5 Å². The predicted molar refractivity (Wildman–Crippen MR) is 78.0 cm³/mol. The summed E-state index contributed by atoms with van der Waals surface area (Å²) >= 11 is 0. The van der Waals surface area contributed by atoms with Gasteiger partial charge in [0, 0.05) is 31.6 Å². The quantitative estimate of drug-likeness (QED) is 0.832. The molecular weight excluding hydrogens is 238 g/mol. The minimum absolute atomic E-state index is 0.410. The molecule has 1 aromatic carbocycles. The number of ether oxygens (including phenoxy) is 1. The molecule has 0 spiro atoms. The minimum Gasteiger partial charge on any atom is -0.494 e. The monoisotopic (exact) mass is 261 g/mol. The lowest BCUT2D eigenvalue weighted by molar-refractivity contribution is -0.120. The first-order valence-electron chi connectivity index (χ1n) is 7.09. The SMILES string of the molecule is CCOc1ccc(N(C)C2CCC(=O)CC2)cc1C. The summed E-state index contributed by atoms with van der Waals surface area (Å²) in [5.74, 6) is 1.37. The number of anilines is 1. The molecule has 1 aliphatic rings. The summed E-state index contributed by atoms with van der Waals surface area (Å²) in [5, 5.41) is 0. The Morgan fingerprint density at radius 1 is 1.32 bits per heavy atom. The molecule has 0 heterocycles. The Balaban J connectivity index is 2.08. The van der Waals surface area contributed by atoms with Crippen LogP contribution in [0.2, 0.25) is 0 Å². The van der Waals surface area contributed by atoms with E-state index in [9.17, 15) is 4.79 Å². The van der Waals surface area contributed by atoms with Gasteiger partial charge in [-0.2, -0.15) is 0 Å². The molecule has 0 unspecified atom stereocenters. The van der Waals surface area contributed by atoms with E-state index in [1.165, 1.54) is 5.69 Å². The molecule has 19 heavy (non-hydrogen) atoms. The lowest BCUT2D eigenvalue weighted by Gasteiger charge is -2.32. The van der Waals surface area contributed by atoms with Crippen molar-refractivity contribution in [2.45, 2.75) is 45.6 Å². The maximum absolute atomic E-state index is 11.3. The lowest BCUT2D eigenvalue weighted by atomic mass is 9.93. The Hall–Kier alpha value is -1.51. The predicted octanol–water partition coefficient (Wildman–Crippen LogP) is 3.34.